The lowest BCUT2D eigenvalue weighted by molar-refractivity contribution is 0.0877. The third-order valence-corrected chi connectivity index (χ3v) is 4.37. The second-order valence-electron chi connectivity index (χ2n) is 7.03. The number of aromatic nitrogens is 2. The van der Waals surface area contributed by atoms with Crippen molar-refractivity contribution in [2.24, 2.45) is 5.41 Å². The van der Waals surface area contributed by atoms with E-state index in [0.717, 1.165) is 17.0 Å². The van der Waals surface area contributed by atoms with Gasteiger partial charge in [-0.1, -0.05) is 51.1 Å². The zero-order chi connectivity index (χ0) is 16.6. The molecule has 0 aliphatic heterocycles. The van der Waals surface area contributed by atoms with Gasteiger partial charge in [-0.15, -0.1) is 0 Å². The highest BCUT2D eigenvalue weighted by Gasteiger charge is 2.37. The monoisotopic (exact) mass is 310 g/mol. The lowest BCUT2D eigenvalue weighted by Crippen LogP contribution is -2.29. The molecule has 4 nitrogen and oxygen atoms in total. The second-order valence-corrected chi connectivity index (χ2v) is 7.03. The molecule has 1 aromatic carbocycles. The van der Waals surface area contributed by atoms with Crippen molar-refractivity contribution in [3.63, 3.8) is 0 Å². The standard InChI is InChI=1S/C19H22N2O2/c1-4-17(23)21-15-11-19(2,3)12-16(22)18(15)14(20-21)10-13-8-6-5-7-9-13/h5-9H,4,10-12H2,1-3H3. The first-order valence-electron chi connectivity index (χ1n) is 8.12. The number of carbonyl (C=O) groups excluding carboxylic acids is 2. The molecule has 0 bridgehead atoms. The zero-order valence-electron chi connectivity index (χ0n) is 13.9. The molecule has 0 saturated heterocycles. The highest BCUT2D eigenvalue weighted by molar-refractivity contribution is 6.01. The second kappa shape index (κ2) is 5.76. The summed E-state index contributed by atoms with van der Waals surface area (Å²) in [4.78, 5) is 24.9. The molecule has 0 unspecified atom stereocenters. The van der Waals surface area contributed by atoms with Crippen molar-refractivity contribution >= 4 is 11.7 Å². The number of fused-ring (bicyclic) bond motifs is 1. The molecular weight excluding hydrogens is 288 g/mol. The Balaban J connectivity index is 2.09. The van der Waals surface area contributed by atoms with Gasteiger partial charge < -0.3 is 0 Å². The normalized spacial score (nSPS) is 16.2. The van der Waals surface area contributed by atoms with Gasteiger partial charge >= 0.3 is 0 Å². The number of benzene rings is 1. The van der Waals surface area contributed by atoms with E-state index in [1.807, 2.05) is 37.3 Å². The van der Waals surface area contributed by atoms with Crippen molar-refractivity contribution in [1.29, 1.82) is 0 Å². The highest BCUT2D eigenvalue weighted by Crippen LogP contribution is 2.36. The Morgan fingerprint density at radius 2 is 1.91 bits per heavy atom. The molecule has 4 heteroatoms. The quantitative estimate of drug-likeness (QED) is 0.869. The van der Waals surface area contributed by atoms with Crippen molar-refractivity contribution in [3.05, 3.63) is 52.8 Å². The highest BCUT2D eigenvalue weighted by atomic mass is 16.2. The number of hydrogen-bond donors (Lipinski definition) is 0. The van der Waals surface area contributed by atoms with Crippen LogP contribution < -0.4 is 0 Å². The summed E-state index contributed by atoms with van der Waals surface area (Å²) in [5, 5.41) is 4.52. The summed E-state index contributed by atoms with van der Waals surface area (Å²) in [6, 6.07) is 9.95. The summed E-state index contributed by atoms with van der Waals surface area (Å²) >= 11 is 0. The van der Waals surface area contributed by atoms with E-state index in [0.29, 0.717) is 31.2 Å². The Bertz CT molecular complexity index is 757. The van der Waals surface area contributed by atoms with Crippen LogP contribution in [0.4, 0.5) is 0 Å². The average molecular weight is 310 g/mol. The summed E-state index contributed by atoms with van der Waals surface area (Å²) in [5.74, 6) is 0.0587. The predicted octanol–water partition coefficient (Wildman–Crippen LogP) is 3.68. The molecule has 3 rings (SSSR count). The van der Waals surface area contributed by atoms with Crippen LogP contribution >= 0.6 is 0 Å². The van der Waals surface area contributed by atoms with Crippen LogP contribution in [-0.4, -0.2) is 21.5 Å². The fourth-order valence-electron chi connectivity index (χ4n) is 3.30. The van der Waals surface area contributed by atoms with E-state index in [-0.39, 0.29) is 17.1 Å². The van der Waals surface area contributed by atoms with Crippen LogP contribution in [0.3, 0.4) is 0 Å². The minimum Gasteiger partial charge on any atom is -0.294 e. The van der Waals surface area contributed by atoms with E-state index < -0.39 is 0 Å². The Kier molecular flexibility index (Phi) is 3.92. The molecule has 0 radical (unpaired) electrons. The minimum absolute atomic E-state index is 0.0499. The van der Waals surface area contributed by atoms with Crippen molar-refractivity contribution in [2.45, 2.75) is 46.5 Å². The zero-order valence-corrected chi connectivity index (χ0v) is 13.9. The molecule has 1 aliphatic carbocycles. The van der Waals surface area contributed by atoms with Gasteiger partial charge in [0.25, 0.3) is 0 Å². The van der Waals surface area contributed by atoms with Gasteiger partial charge in [0.05, 0.1) is 17.0 Å². The van der Waals surface area contributed by atoms with E-state index in [2.05, 4.69) is 18.9 Å². The van der Waals surface area contributed by atoms with Crippen LogP contribution in [-0.2, 0) is 12.8 Å². The Hall–Kier alpha value is -2.23. The topological polar surface area (TPSA) is 52.0 Å². The van der Waals surface area contributed by atoms with Gasteiger partial charge in [-0.05, 0) is 17.4 Å². The first-order valence-corrected chi connectivity index (χ1v) is 8.12. The van der Waals surface area contributed by atoms with Crippen LogP contribution in [0.5, 0.6) is 0 Å². The van der Waals surface area contributed by atoms with Gasteiger partial charge in [0.15, 0.2) is 5.78 Å². The fourth-order valence-corrected chi connectivity index (χ4v) is 3.30. The van der Waals surface area contributed by atoms with Crippen molar-refractivity contribution in [1.82, 2.24) is 9.78 Å². The van der Waals surface area contributed by atoms with Crippen molar-refractivity contribution in [2.75, 3.05) is 0 Å². The molecule has 0 spiro atoms. The van der Waals surface area contributed by atoms with Gasteiger partial charge in [-0.25, -0.2) is 4.68 Å². The maximum absolute atomic E-state index is 12.7. The van der Waals surface area contributed by atoms with E-state index >= 15 is 0 Å². The Morgan fingerprint density at radius 3 is 2.57 bits per heavy atom. The Labute approximate surface area is 136 Å². The molecule has 0 saturated carbocycles. The summed E-state index contributed by atoms with van der Waals surface area (Å²) in [6.07, 6.45) is 2.18. The molecule has 1 aliphatic rings. The summed E-state index contributed by atoms with van der Waals surface area (Å²) in [6.45, 7) is 5.96. The van der Waals surface area contributed by atoms with Crippen LogP contribution in [0.25, 0.3) is 0 Å². The molecule has 0 atom stereocenters. The molecule has 0 N–H and O–H groups in total. The maximum atomic E-state index is 12.7. The minimum atomic E-state index is -0.125. The average Bonchev–Trinajstić information content (AvgIpc) is 2.84. The Morgan fingerprint density at radius 1 is 1.22 bits per heavy atom. The van der Waals surface area contributed by atoms with Gasteiger partial charge in [0, 0.05) is 19.3 Å². The van der Waals surface area contributed by atoms with Crippen molar-refractivity contribution < 1.29 is 9.59 Å². The first-order chi connectivity index (χ1) is 10.9. The van der Waals surface area contributed by atoms with Crippen LogP contribution in [0.1, 0.15) is 65.7 Å². The molecule has 0 amide bonds. The van der Waals surface area contributed by atoms with E-state index in [4.69, 9.17) is 0 Å². The number of carbonyl (C=O) groups is 2. The van der Waals surface area contributed by atoms with E-state index in [1.54, 1.807) is 0 Å². The number of ketones is 1. The smallest absolute Gasteiger partial charge is 0.246 e. The number of hydrogen-bond acceptors (Lipinski definition) is 3. The summed E-state index contributed by atoms with van der Waals surface area (Å²) in [7, 11) is 0. The molecule has 2 aromatic rings. The van der Waals surface area contributed by atoms with E-state index in [9.17, 15) is 9.59 Å². The molecule has 1 aromatic heterocycles. The maximum Gasteiger partial charge on any atom is 0.246 e. The number of Topliss-reactive ketones (excluding diaryl/α,β-unsaturated/α-hetero) is 1. The third-order valence-electron chi connectivity index (χ3n) is 4.37. The lowest BCUT2D eigenvalue weighted by Gasteiger charge is -2.28. The molecule has 120 valence electrons. The van der Waals surface area contributed by atoms with Crippen LogP contribution in [0, 0.1) is 5.41 Å². The van der Waals surface area contributed by atoms with Crippen molar-refractivity contribution in [3.8, 4) is 0 Å². The molecule has 1 heterocycles. The number of nitrogens with zero attached hydrogens (tertiary/aromatic N) is 2. The van der Waals surface area contributed by atoms with Crippen LogP contribution in [0.2, 0.25) is 0 Å². The number of rotatable bonds is 3. The molecule has 23 heavy (non-hydrogen) atoms. The SMILES string of the molecule is CCC(=O)n1nc(Cc2ccccc2)c2c1CC(C)(C)CC2=O. The van der Waals surface area contributed by atoms with E-state index in [1.165, 1.54) is 4.68 Å². The predicted molar refractivity (Wildman–Crippen MR) is 88.8 cm³/mol. The van der Waals surface area contributed by atoms with Gasteiger partial charge in [-0.2, -0.15) is 5.10 Å². The summed E-state index contributed by atoms with van der Waals surface area (Å²) < 4.78 is 1.48. The van der Waals surface area contributed by atoms with Gasteiger partial charge in [0.1, 0.15) is 0 Å². The first kappa shape index (κ1) is 15.7. The van der Waals surface area contributed by atoms with Gasteiger partial charge in [-0.3, -0.25) is 9.59 Å². The van der Waals surface area contributed by atoms with Gasteiger partial charge in [0.2, 0.25) is 5.91 Å². The largest absolute Gasteiger partial charge is 0.294 e. The van der Waals surface area contributed by atoms with Crippen LogP contribution in [0.15, 0.2) is 30.3 Å². The fraction of sp³-hybridized carbons (Fsp3) is 0.421. The molecule has 0 fully saturated rings. The third kappa shape index (κ3) is 2.98. The summed E-state index contributed by atoms with van der Waals surface area (Å²) in [5.41, 5.74) is 3.17. The lowest BCUT2D eigenvalue weighted by atomic mass is 9.75. The molecular formula is C19H22N2O2.